The highest BCUT2D eigenvalue weighted by molar-refractivity contribution is 6.21. The van der Waals surface area contributed by atoms with Crippen LogP contribution in [-0.4, -0.2) is 168 Å². The molecule has 0 bridgehead atoms. The zero-order valence-electron chi connectivity index (χ0n) is 29.9. The Bertz CT molecular complexity index is 1200. The van der Waals surface area contributed by atoms with Crippen molar-refractivity contribution in [2.45, 2.75) is 0 Å². The number of hydrogen-bond acceptors (Lipinski definition) is 14. The van der Waals surface area contributed by atoms with E-state index < -0.39 is 0 Å². The molecule has 0 aliphatic carbocycles. The van der Waals surface area contributed by atoms with Crippen LogP contribution in [0.25, 0.3) is 0 Å². The fourth-order valence-electron chi connectivity index (χ4n) is 4.54. The second-order valence-corrected chi connectivity index (χ2v) is 11.0. The largest absolute Gasteiger partial charge is 0.491 e. The van der Waals surface area contributed by atoms with Gasteiger partial charge >= 0.3 is 0 Å². The molecule has 2 aromatic rings. The van der Waals surface area contributed by atoms with Gasteiger partial charge in [0.25, 0.3) is 11.8 Å². The van der Waals surface area contributed by atoms with E-state index in [2.05, 4.69) is 0 Å². The van der Waals surface area contributed by atoms with E-state index in [4.69, 9.17) is 52.1 Å². The first-order valence-electron chi connectivity index (χ1n) is 17.6. The van der Waals surface area contributed by atoms with Gasteiger partial charge in [0, 0.05) is 5.56 Å². The van der Waals surface area contributed by atoms with E-state index in [-0.39, 0.29) is 25.0 Å². The average Bonchev–Trinajstić information content (AvgIpc) is 3.41. The Labute approximate surface area is 305 Å². The summed E-state index contributed by atoms with van der Waals surface area (Å²) >= 11 is 0. The van der Waals surface area contributed by atoms with Gasteiger partial charge in [-0.1, -0.05) is 12.1 Å². The van der Waals surface area contributed by atoms with Crippen molar-refractivity contribution in [1.82, 2.24) is 4.90 Å². The van der Waals surface area contributed by atoms with E-state index in [9.17, 15) is 14.4 Å². The number of carbonyl (C=O) groups excluding carboxylic acids is 3. The van der Waals surface area contributed by atoms with Crippen LogP contribution < -0.4 is 4.74 Å². The minimum atomic E-state index is -0.281. The molecule has 0 aromatic heterocycles. The van der Waals surface area contributed by atoms with Gasteiger partial charge in [-0.15, -0.1) is 0 Å². The van der Waals surface area contributed by atoms with Crippen LogP contribution in [0.15, 0.2) is 48.5 Å². The summed E-state index contributed by atoms with van der Waals surface area (Å²) in [4.78, 5) is 36.5. The van der Waals surface area contributed by atoms with Crippen LogP contribution in [0.4, 0.5) is 0 Å². The number of aldehydes is 1. The predicted molar refractivity (Wildman–Crippen MR) is 187 cm³/mol. The Hall–Kier alpha value is -3.35. The first-order valence-corrected chi connectivity index (χ1v) is 17.6. The quantitative estimate of drug-likeness (QED) is 0.0578. The summed E-state index contributed by atoms with van der Waals surface area (Å²) in [5.41, 5.74) is 1.49. The fourth-order valence-corrected chi connectivity index (χ4v) is 4.54. The van der Waals surface area contributed by atoms with Gasteiger partial charge in [0.1, 0.15) is 18.6 Å². The van der Waals surface area contributed by atoms with Gasteiger partial charge in [-0.3, -0.25) is 19.3 Å². The molecule has 0 atom stereocenters. The Kier molecular flexibility index (Phi) is 24.1. The summed E-state index contributed by atoms with van der Waals surface area (Å²) in [6.45, 7) is 9.60. The first-order chi connectivity index (χ1) is 25.7. The van der Waals surface area contributed by atoms with Gasteiger partial charge < -0.3 is 52.1 Å². The van der Waals surface area contributed by atoms with Crippen molar-refractivity contribution in [2.75, 3.05) is 145 Å². The van der Waals surface area contributed by atoms with Gasteiger partial charge in [0.15, 0.2) is 0 Å². The van der Waals surface area contributed by atoms with E-state index in [0.717, 1.165) is 6.29 Å². The third kappa shape index (κ3) is 18.9. The highest BCUT2D eigenvalue weighted by Crippen LogP contribution is 2.21. The van der Waals surface area contributed by atoms with E-state index in [1.165, 1.54) is 4.90 Å². The molecule has 3 rings (SSSR count). The lowest BCUT2D eigenvalue weighted by molar-refractivity contribution is -0.0268. The predicted octanol–water partition coefficient (Wildman–Crippen LogP) is 2.34. The third-order valence-electron chi connectivity index (χ3n) is 7.20. The SMILES string of the molecule is O=Cc1ccc(OCCOCCOCCOCCOCCOCCOCCOCCOCCOCCOCCN2C(=O)c3ccccc3C2=O)cc1. The van der Waals surface area contributed by atoms with Gasteiger partial charge in [0.2, 0.25) is 0 Å². The molecule has 15 nitrogen and oxygen atoms in total. The molecule has 2 amide bonds. The maximum Gasteiger partial charge on any atom is 0.261 e. The second-order valence-electron chi connectivity index (χ2n) is 11.0. The molecule has 0 fully saturated rings. The van der Waals surface area contributed by atoms with Crippen LogP contribution in [0.5, 0.6) is 5.75 Å². The number of amides is 2. The molecule has 2 aromatic carbocycles. The molecule has 1 aliphatic rings. The number of ether oxygens (including phenoxy) is 11. The van der Waals surface area contributed by atoms with Gasteiger partial charge in [-0.05, 0) is 36.4 Å². The number of carbonyl (C=O) groups is 3. The summed E-state index contributed by atoms with van der Waals surface area (Å²) in [6.07, 6.45) is 0.794. The molecule has 52 heavy (non-hydrogen) atoms. The van der Waals surface area contributed by atoms with Crippen molar-refractivity contribution in [1.29, 1.82) is 0 Å². The van der Waals surface area contributed by atoms with Crippen molar-refractivity contribution < 1.29 is 66.5 Å². The lowest BCUT2D eigenvalue weighted by Crippen LogP contribution is -2.33. The summed E-state index contributed by atoms with van der Waals surface area (Å²) in [5.74, 6) is 0.135. The van der Waals surface area contributed by atoms with E-state index in [0.29, 0.717) is 155 Å². The lowest BCUT2D eigenvalue weighted by atomic mass is 10.1. The first kappa shape index (κ1) is 43.1. The number of rotatable bonds is 35. The molecule has 0 unspecified atom stereocenters. The van der Waals surface area contributed by atoms with E-state index in [1.54, 1.807) is 48.5 Å². The number of hydrogen-bond donors (Lipinski definition) is 0. The normalized spacial score (nSPS) is 12.5. The molecular formula is C37H53NO14. The molecule has 0 N–H and O–H groups in total. The molecule has 0 spiro atoms. The molecule has 15 heteroatoms. The Morgan fingerprint density at radius 3 is 1.04 bits per heavy atom. The van der Waals surface area contributed by atoms with Crippen molar-refractivity contribution in [3.63, 3.8) is 0 Å². The van der Waals surface area contributed by atoms with Crippen LogP contribution in [0.3, 0.4) is 0 Å². The van der Waals surface area contributed by atoms with E-state index in [1.807, 2.05) is 0 Å². The molecule has 0 saturated carbocycles. The van der Waals surface area contributed by atoms with Crippen LogP contribution in [0.1, 0.15) is 31.1 Å². The highest BCUT2D eigenvalue weighted by atomic mass is 16.6. The number of benzene rings is 2. The van der Waals surface area contributed by atoms with Crippen molar-refractivity contribution in [2.24, 2.45) is 0 Å². The number of nitrogens with zero attached hydrogens (tertiary/aromatic N) is 1. The van der Waals surface area contributed by atoms with Crippen LogP contribution in [-0.2, 0) is 47.4 Å². The Morgan fingerprint density at radius 1 is 0.404 bits per heavy atom. The maximum atomic E-state index is 12.3. The molecule has 0 radical (unpaired) electrons. The lowest BCUT2D eigenvalue weighted by Gasteiger charge is -2.13. The summed E-state index contributed by atoms with van der Waals surface area (Å²) in [7, 11) is 0. The number of fused-ring (bicyclic) bond motifs is 1. The molecule has 290 valence electrons. The minimum absolute atomic E-state index is 0.210. The van der Waals surface area contributed by atoms with Gasteiger partial charge in [-0.2, -0.15) is 0 Å². The summed E-state index contributed by atoms with van der Waals surface area (Å²) in [5, 5.41) is 0. The topological polar surface area (TPSA) is 156 Å². The smallest absolute Gasteiger partial charge is 0.261 e. The van der Waals surface area contributed by atoms with E-state index >= 15 is 0 Å². The van der Waals surface area contributed by atoms with Crippen molar-refractivity contribution >= 4 is 18.1 Å². The van der Waals surface area contributed by atoms with Gasteiger partial charge in [0.05, 0.1) is 150 Å². The number of imide groups is 1. The Balaban J connectivity index is 0.920. The second kappa shape index (κ2) is 29.1. The molecule has 1 aliphatic heterocycles. The zero-order valence-corrected chi connectivity index (χ0v) is 29.9. The summed E-state index contributed by atoms with van der Waals surface area (Å²) in [6, 6.07) is 13.7. The maximum absolute atomic E-state index is 12.3. The standard InChI is InChI=1S/C37H53NO14/c39-31-32-5-7-33(8-6-32)52-30-29-51-28-27-50-26-25-49-24-23-48-22-21-47-20-19-46-18-17-45-16-15-44-14-13-43-12-11-42-10-9-38-36(40)34-3-1-2-4-35(34)37(38)41/h1-8,31H,9-30H2. The Morgan fingerprint density at radius 2 is 0.712 bits per heavy atom. The van der Waals surface area contributed by atoms with Crippen molar-refractivity contribution in [3.05, 3.63) is 65.2 Å². The monoisotopic (exact) mass is 735 g/mol. The van der Waals surface area contributed by atoms with Crippen LogP contribution in [0.2, 0.25) is 0 Å². The molecular weight excluding hydrogens is 682 g/mol. The summed E-state index contributed by atoms with van der Waals surface area (Å²) < 4.78 is 60.3. The fraction of sp³-hybridized carbons (Fsp3) is 0.595. The van der Waals surface area contributed by atoms with Crippen LogP contribution >= 0.6 is 0 Å². The highest BCUT2D eigenvalue weighted by Gasteiger charge is 2.34. The average molecular weight is 736 g/mol. The van der Waals surface area contributed by atoms with Crippen molar-refractivity contribution in [3.8, 4) is 5.75 Å². The zero-order chi connectivity index (χ0) is 36.7. The third-order valence-corrected chi connectivity index (χ3v) is 7.20. The minimum Gasteiger partial charge on any atom is -0.491 e. The van der Waals surface area contributed by atoms with Crippen LogP contribution in [0, 0.1) is 0 Å². The molecule has 1 heterocycles. The molecule has 0 saturated heterocycles. The van der Waals surface area contributed by atoms with Gasteiger partial charge in [-0.25, -0.2) is 0 Å².